The first-order valence-corrected chi connectivity index (χ1v) is 14.5. The topological polar surface area (TPSA) is 90.0 Å². The second kappa shape index (κ2) is 14.1. The Morgan fingerprint density at radius 3 is 1.90 bits per heavy atom. The Labute approximate surface area is 244 Å². The van der Waals surface area contributed by atoms with Gasteiger partial charge in [-0.05, 0) is 73.4 Å². The number of amidine groups is 1. The van der Waals surface area contributed by atoms with E-state index in [0.717, 1.165) is 59.0 Å². The fourth-order valence-electron chi connectivity index (χ4n) is 4.43. The molecular weight excluding hydrogens is 530 g/mol. The molecule has 0 aliphatic heterocycles. The predicted molar refractivity (Wildman–Crippen MR) is 166 cm³/mol. The van der Waals surface area contributed by atoms with E-state index in [4.69, 9.17) is 25.4 Å². The van der Waals surface area contributed by atoms with E-state index in [0.29, 0.717) is 18.8 Å². The maximum atomic E-state index is 8.75. The normalized spacial score (nSPS) is 11.4. The maximum absolute atomic E-state index is 8.75. The molecule has 4 aromatic carbocycles. The number of benzene rings is 4. The van der Waals surface area contributed by atoms with E-state index >= 15 is 0 Å². The summed E-state index contributed by atoms with van der Waals surface area (Å²) in [5.74, 6) is 1.71. The summed E-state index contributed by atoms with van der Waals surface area (Å²) in [7, 11) is 0. The van der Waals surface area contributed by atoms with Gasteiger partial charge in [-0.25, -0.2) is 4.98 Å². The van der Waals surface area contributed by atoms with Crippen LogP contribution in [0.2, 0.25) is 0 Å². The zero-order chi connectivity index (χ0) is 28.3. The van der Waals surface area contributed by atoms with Crippen LogP contribution in [0.1, 0.15) is 35.3 Å². The quantitative estimate of drug-likeness (QED) is 0.0502. The average molecular weight is 564 g/mol. The highest BCUT2D eigenvalue weighted by atomic mass is 32.1. The number of ether oxygens (including phenoxy) is 2. The Morgan fingerprint density at radius 1 is 0.707 bits per heavy atom. The van der Waals surface area contributed by atoms with Crippen LogP contribution in [0.15, 0.2) is 114 Å². The highest BCUT2D eigenvalue weighted by molar-refractivity contribution is 7.15. The Bertz CT molecular complexity index is 1530. The molecule has 6 nitrogen and oxygen atoms in total. The number of nitrogens with zero attached hydrogens (tertiary/aromatic N) is 2. The van der Waals surface area contributed by atoms with Gasteiger partial charge in [-0.3, -0.25) is 0 Å². The van der Waals surface area contributed by atoms with Crippen LogP contribution < -0.4 is 15.2 Å². The molecule has 0 saturated heterocycles. The number of thiazole rings is 1. The van der Waals surface area contributed by atoms with E-state index in [-0.39, 0.29) is 5.84 Å². The highest BCUT2D eigenvalue weighted by Crippen LogP contribution is 2.36. The molecule has 3 N–H and O–H groups in total. The smallest absolute Gasteiger partial charge is 0.170 e. The first-order chi connectivity index (χ1) is 20.2. The van der Waals surface area contributed by atoms with Gasteiger partial charge in [0.25, 0.3) is 0 Å². The lowest BCUT2D eigenvalue weighted by atomic mass is 10.1. The summed E-state index contributed by atoms with van der Waals surface area (Å²) in [6.07, 6.45) is 3.73. The summed E-state index contributed by atoms with van der Waals surface area (Å²) in [6, 6.07) is 36.4. The molecule has 0 spiro atoms. The van der Waals surface area contributed by atoms with Crippen molar-refractivity contribution < 1.29 is 14.7 Å². The number of nitrogens with two attached hydrogens (primary N) is 1. The molecule has 41 heavy (non-hydrogen) atoms. The second-order valence-corrected chi connectivity index (χ2v) is 10.7. The van der Waals surface area contributed by atoms with Gasteiger partial charge in [0.2, 0.25) is 0 Å². The largest absolute Gasteiger partial charge is 0.494 e. The maximum Gasteiger partial charge on any atom is 0.170 e. The number of hydrogen-bond acceptors (Lipinski definition) is 6. The van der Waals surface area contributed by atoms with Crippen LogP contribution in [0.4, 0.5) is 0 Å². The molecule has 0 aliphatic carbocycles. The SMILES string of the molecule is NC(=NO)c1ccc(OCCCCCOc2ccc(-c3nc(-c4ccccc4)sc3Cc3ccccc3)cc2)cc1. The number of aromatic nitrogens is 1. The molecule has 0 aliphatic rings. The lowest BCUT2D eigenvalue weighted by Gasteiger charge is -2.09. The average Bonchev–Trinajstić information content (AvgIpc) is 3.45. The summed E-state index contributed by atoms with van der Waals surface area (Å²) < 4.78 is 11.8. The van der Waals surface area contributed by atoms with Crippen molar-refractivity contribution in [1.29, 1.82) is 0 Å². The van der Waals surface area contributed by atoms with Crippen molar-refractivity contribution in [3.05, 3.63) is 125 Å². The molecule has 0 unspecified atom stereocenters. The van der Waals surface area contributed by atoms with E-state index in [1.807, 2.05) is 36.4 Å². The van der Waals surface area contributed by atoms with Gasteiger partial charge in [-0.2, -0.15) is 0 Å². The van der Waals surface area contributed by atoms with Crippen LogP contribution in [-0.2, 0) is 6.42 Å². The first kappa shape index (κ1) is 27.9. The predicted octanol–water partition coefficient (Wildman–Crippen LogP) is 7.79. The van der Waals surface area contributed by atoms with Crippen molar-refractivity contribution >= 4 is 17.2 Å². The third-order valence-electron chi connectivity index (χ3n) is 6.64. The molecule has 1 aromatic heterocycles. The van der Waals surface area contributed by atoms with Crippen LogP contribution in [0.25, 0.3) is 21.8 Å². The summed E-state index contributed by atoms with van der Waals surface area (Å²) in [6.45, 7) is 1.28. The van der Waals surface area contributed by atoms with Crippen molar-refractivity contribution in [3.63, 3.8) is 0 Å². The Kier molecular flexibility index (Phi) is 9.63. The standard InChI is InChI=1S/C34H33N3O3S/c35-33(37-38)27-16-20-30(21-17-27)40-23-9-3-8-22-39-29-18-14-26(15-19-29)32-31(24-25-10-4-1-5-11-25)41-34(36-32)28-12-6-2-7-13-28/h1-2,4-7,10-21,38H,3,8-9,22-24H2,(H2,35,37). The fraction of sp³-hybridized carbons (Fsp3) is 0.176. The van der Waals surface area contributed by atoms with Gasteiger partial charge in [0, 0.05) is 28.0 Å². The van der Waals surface area contributed by atoms with Crippen LogP contribution in [0, 0.1) is 0 Å². The van der Waals surface area contributed by atoms with Crippen molar-refractivity contribution in [2.24, 2.45) is 10.9 Å². The van der Waals surface area contributed by atoms with Gasteiger partial charge in [0.15, 0.2) is 5.84 Å². The van der Waals surface area contributed by atoms with Crippen molar-refractivity contribution in [1.82, 2.24) is 4.98 Å². The van der Waals surface area contributed by atoms with Gasteiger partial charge >= 0.3 is 0 Å². The summed E-state index contributed by atoms with van der Waals surface area (Å²) in [4.78, 5) is 6.32. The molecule has 0 saturated carbocycles. The van der Waals surface area contributed by atoms with Gasteiger partial charge < -0.3 is 20.4 Å². The molecule has 0 fully saturated rings. The Balaban J connectivity index is 1.12. The molecule has 0 bridgehead atoms. The third kappa shape index (κ3) is 7.74. The Morgan fingerprint density at radius 2 is 1.29 bits per heavy atom. The van der Waals surface area contributed by atoms with Crippen molar-refractivity contribution in [3.8, 4) is 33.3 Å². The zero-order valence-corrected chi connectivity index (χ0v) is 23.6. The second-order valence-electron chi connectivity index (χ2n) is 9.61. The van der Waals surface area contributed by atoms with Crippen LogP contribution in [0.5, 0.6) is 11.5 Å². The molecule has 0 amide bonds. The summed E-state index contributed by atoms with van der Waals surface area (Å²) >= 11 is 1.76. The number of unbranched alkanes of at least 4 members (excludes halogenated alkanes) is 2. The molecule has 5 aromatic rings. The molecule has 208 valence electrons. The van der Waals surface area contributed by atoms with Gasteiger partial charge in [0.1, 0.15) is 16.5 Å². The molecular formula is C34H33N3O3S. The lowest BCUT2D eigenvalue weighted by molar-refractivity contribution is 0.279. The van der Waals surface area contributed by atoms with E-state index < -0.39 is 0 Å². The first-order valence-electron chi connectivity index (χ1n) is 13.7. The minimum absolute atomic E-state index is 0.0827. The lowest BCUT2D eigenvalue weighted by Crippen LogP contribution is -2.12. The summed E-state index contributed by atoms with van der Waals surface area (Å²) in [5, 5.41) is 12.8. The van der Waals surface area contributed by atoms with Gasteiger partial charge in [-0.15, -0.1) is 11.3 Å². The number of rotatable bonds is 13. The Hall–Kier alpha value is -4.62. The minimum Gasteiger partial charge on any atom is -0.494 e. The third-order valence-corrected chi connectivity index (χ3v) is 7.74. The molecule has 0 radical (unpaired) electrons. The van der Waals surface area contributed by atoms with Gasteiger partial charge in [-0.1, -0.05) is 65.8 Å². The molecule has 1 heterocycles. The highest BCUT2D eigenvalue weighted by Gasteiger charge is 2.15. The fourth-order valence-corrected chi connectivity index (χ4v) is 5.56. The van der Waals surface area contributed by atoms with Crippen molar-refractivity contribution in [2.75, 3.05) is 13.2 Å². The van der Waals surface area contributed by atoms with Crippen molar-refractivity contribution in [2.45, 2.75) is 25.7 Å². The van der Waals surface area contributed by atoms with Crippen LogP contribution in [-0.4, -0.2) is 29.2 Å². The van der Waals surface area contributed by atoms with Gasteiger partial charge in [0.05, 0.1) is 18.9 Å². The van der Waals surface area contributed by atoms with E-state index in [9.17, 15) is 0 Å². The zero-order valence-electron chi connectivity index (χ0n) is 22.8. The monoisotopic (exact) mass is 563 g/mol. The van der Waals surface area contributed by atoms with Crippen LogP contribution >= 0.6 is 11.3 Å². The number of hydrogen-bond donors (Lipinski definition) is 2. The molecule has 7 heteroatoms. The number of oxime groups is 1. The molecule has 5 rings (SSSR count). The minimum atomic E-state index is 0.0827. The molecule has 0 atom stereocenters. The van der Waals surface area contributed by atoms with Crippen LogP contribution in [0.3, 0.4) is 0 Å². The van der Waals surface area contributed by atoms with E-state index in [1.165, 1.54) is 10.4 Å². The summed E-state index contributed by atoms with van der Waals surface area (Å²) in [5.41, 5.74) is 10.8. The van der Waals surface area contributed by atoms with E-state index in [1.54, 1.807) is 23.5 Å². The van der Waals surface area contributed by atoms with E-state index in [2.05, 4.69) is 65.8 Å².